The Morgan fingerprint density at radius 1 is 1.50 bits per heavy atom. The second-order valence-electron chi connectivity index (χ2n) is 3.71. The molecule has 0 saturated heterocycles. The van der Waals surface area contributed by atoms with Crippen LogP contribution < -0.4 is 5.73 Å². The topological polar surface area (TPSA) is 49.8 Å². The van der Waals surface area contributed by atoms with Crippen LogP contribution in [0.25, 0.3) is 5.70 Å². The lowest BCUT2D eigenvalue weighted by Crippen LogP contribution is -2.03. The van der Waals surface area contributed by atoms with Crippen LogP contribution in [-0.4, -0.2) is 0 Å². The molecule has 84 valence electrons. The average molecular weight is 279 g/mol. The van der Waals surface area contributed by atoms with Gasteiger partial charge in [-0.05, 0) is 31.0 Å². The zero-order valence-electron chi connectivity index (χ0n) is 9.55. The molecule has 0 aliphatic rings. The van der Waals surface area contributed by atoms with Crippen LogP contribution in [0.1, 0.15) is 30.9 Å². The van der Waals surface area contributed by atoms with Gasteiger partial charge in [-0.1, -0.05) is 35.3 Å². The van der Waals surface area contributed by atoms with Crippen LogP contribution in [0.4, 0.5) is 0 Å². The quantitative estimate of drug-likeness (QED) is 0.856. The Morgan fingerprint density at radius 3 is 2.69 bits per heavy atom. The lowest BCUT2D eigenvalue weighted by Gasteiger charge is -2.09. The van der Waals surface area contributed by atoms with E-state index < -0.39 is 0 Å². The van der Waals surface area contributed by atoms with Crippen molar-refractivity contribution in [1.82, 2.24) is 0 Å². The first-order valence-electron chi connectivity index (χ1n) is 5.25. The zero-order valence-corrected chi connectivity index (χ0v) is 11.1. The highest BCUT2D eigenvalue weighted by Crippen LogP contribution is 2.23. The largest absolute Gasteiger partial charge is 0.397 e. The Morgan fingerprint density at radius 2 is 2.19 bits per heavy atom. The van der Waals surface area contributed by atoms with Crippen molar-refractivity contribution in [2.75, 3.05) is 0 Å². The number of nitrogens with two attached hydrogens (primary N) is 1. The maximum atomic E-state index is 9.04. The molecule has 1 rings (SSSR count). The predicted molar refractivity (Wildman–Crippen MR) is 70.5 cm³/mol. The van der Waals surface area contributed by atoms with E-state index in [1.54, 1.807) is 0 Å². The van der Waals surface area contributed by atoms with Crippen LogP contribution in [0, 0.1) is 18.3 Å². The maximum absolute atomic E-state index is 9.04. The Hall–Kier alpha value is -1.27. The van der Waals surface area contributed by atoms with Gasteiger partial charge in [0, 0.05) is 10.0 Å². The summed E-state index contributed by atoms with van der Waals surface area (Å²) >= 11 is 3.41. The molecule has 0 aliphatic carbocycles. The van der Waals surface area contributed by atoms with E-state index in [-0.39, 0.29) is 0 Å². The second-order valence-corrected chi connectivity index (χ2v) is 4.63. The highest BCUT2D eigenvalue weighted by molar-refractivity contribution is 9.10. The van der Waals surface area contributed by atoms with Crippen molar-refractivity contribution in [2.45, 2.75) is 26.7 Å². The first-order chi connectivity index (χ1) is 7.60. The Bertz CT molecular complexity index is 455. The average Bonchev–Trinajstić information content (AvgIpc) is 2.25. The summed E-state index contributed by atoms with van der Waals surface area (Å²) in [6, 6.07) is 8.08. The number of benzene rings is 1. The van der Waals surface area contributed by atoms with Gasteiger partial charge in [0.2, 0.25) is 0 Å². The van der Waals surface area contributed by atoms with Crippen molar-refractivity contribution < 1.29 is 0 Å². The summed E-state index contributed by atoms with van der Waals surface area (Å²) < 4.78 is 1.02. The standard InChI is InChI=1S/C13H15BrN2/c1-3-4-10(8-15)13(16)12-6-5-11(14)7-9(12)2/h5-7H,3-4,16H2,1-2H3/b13-10-. The van der Waals surface area contributed by atoms with Gasteiger partial charge < -0.3 is 5.73 Å². The van der Waals surface area contributed by atoms with Crippen LogP contribution in [-0.2, 0) is 0 Å². The fourth-order valence-electron chi connectivity index (χ4n) is 1.59. The highest BCUT2D eigenvalue weighted by Gasteiger charge is 2.07. The molecule has 0 heterocycles. The van der Waals surface area contributed by atoms with Gasteiger partial charge in [-0.25, -0.2) is 0 Å². The van der Waals surface area contributed by atoms with E-state index in [0.717, 1.165) is 28.4 Å². The van der Waals surface area contributed by atoms with Crippen LogP contribution in [0.5, 0.6) is 0 Å². The molecule has 0 unspecified atom stereocenters. The fourth-order valence-corrected chi connectivity index (χ4v) is 2.07. The monoisotopic (exact) mass is 278 g/mol. The number of halogens is 1. The molecule has 2 N–H and O–H groups in total. The summed E-state index contributed by atoms with van der Waals surface area (Å²) in [5.74, 6) is 0. The lowest BCUT2D eigenvalue weighted by atomic mass is 10.0. The number of nitrogens with zero attached hydrogens (tertiary/aromatic N) is 1. The molecular weight excluding hydrogens is 264 g/mol. The summed E-state index contributed by atoms with van der Waals surface area (Å²) in [5, 5.41) is 9.04. The first kappa shape index (κ1) is 12.8. The van der Waals surface area contributed by atoms with E-state index in [2.05, 4.69) is 22.0 Å². The number of allylic oxidation sites excluding steroid dienone is 1. The predicted octanol–water partition coefficient (Wildman–Crippen LogP) is 3.75. The highest BCUT2D eigenvalue weighted by atomic mass is 79.9. The van der Waals surface area contributed by atoms with Gasteiger partial charge in [0.05, 0.1) is 17.3 Å². The normalized spacial score (nSPS) is 11.9. The minimum atomic E-state index is 0.606. The van der Waals surface area contributed by atoms with Crippen LogP contribution in [0.2, 0.25) is 0 Å². The third-order valence-corrected chi connectivity index (χ3v) is 2.93. The van der Waals surface area contributed by atoms with E-state index >= 15 is 0 Å². The van der Waals surface area contributed by atoms with Gasteiger partial charge in [0.15, 0.2) is 0 Å². The molecule has 0 atom stereocenters. The molecule has 0 radical (unpaired) electrons. The van der Waals surface area contributed by atoms with Gasteiger partial charge in [-0.15, -0.1) is 0 Å². The number of aryl methyl sites for hydroxylation is 1. The Balaban J connectivity index is 3.22. The van der Waals surface area contributed by atoms with Crippen LogP contribution in [0.15, 0.2) is 28.2 Å². The summed E-state index contributed by atoms with van der Waals surface area (Å²) in [6.07, 6.45) is 1.66. The van der Waals surface area contributed by atoms with Crippen molar-refractivity contribution in [1.29, 1.82) is 5.26 Å². The van der Waals surface area contributed by atoms with Crippen molar-refractivity contribution >= 4 is 21.6 Å². The molecule has 0 spiro atoms. The lowest BCUT2D eigenvalue weighted by molar-refractivity contribution is 0.928. The molecule has 0 fully saturated rings. The SMILES string of the molecule is CCC/C(C#N)=C(/N)c1ccc(Br)cc1C. The van der Waals surface area contributed by atoms with E-state index in [4.69, 9.17) is 11.0 Å². The smallest absolute Gasteiger partial charge is 0.0968 e. The third kappa shape index (κ3) is 2.86. The minimum absolute atomic E-state index is 0.606. The molecule has 1 aromatic carbocycles. The number of hydrogen-bond donors (Lipinski definition) is 1. The van der Waals surface area contributed by atoms with E-state index in [9.17, 15) is 0 Å². The number of hydrogen-bond acceptors (Lipinski definition) is 2. The van der Waals surface area contributed by atoms with Gasteiger partial charge in [-0.3, -0.25) is 0 Å². The Labute approximate surface area is 105 Å². The van der Waals surface area contributed by atoms with Crippen molar-refractivity contribution in [3.8, 4) is 6.07 Å². The molecule has 0 saturated carbocycles. The third-order valence-electron chi connectivity index (χ3n) is 2.44. The minimum Gasteiger partial charge on any atom is -0.397 e. The number of nitriles is 1. The fraction of sp³-hybridized carbons (Fsp3) is 0.308. The molecule has 1 aromatic rings. The molecule has 0 amide bonds. The molecule has 0 aromatic heterocycles. The van der Waals surface area contributed by atoms with E-state index in [1.807, 2.05) is 32.0 Å². The second kappa shape index (κ2) is 5.72. The van der Waals surface area contributed by atoms with Gasteiger partial charge in [0.25, 0.3) is 0 Å². The maximum Gasteiger partial charge on any atom is 0.0968 e. The van der Waals surface area contributed by atoms with Gasteiger partial charge in [-0.2, -0.15) is 5.26 Å². The summed E-state index contributed by atoms with van der Waals surface area (Å²) in [6.45, 7) is 4.03. The first-order valence-corrected chi connectivity index (χ1v) is 6.04. The van der Waals surface area contributed by atoms with Crippen molar-refractivity contribution in [2.24, 2.45) is 5.73 Å². The van der Waals surface area contributed by atoms with Crippen LogP contribution >= 0.6 is 15.9 Å². The molecular formula is C13H15BrN2. The van der Waals surface area contributed by atoms with Crippen molar-refractivity contribution in [3.05, 3.63) is 39.4 Å². The number of rotatable bonds is 3. The summed E-state index contributed by atoms with van der Waals surface area (Å²) in [4.78, 5) is 0. The van der Waals surface area contributed by atoms with Gasteiger partial charge in [0.1, 0.15) is 0 Å². The summed E-state index contributed by atoms with van der Waals surface area (Å²) in [5.41, 5.74) is 9.34. The summed E-state index contributed by atoms with van der Waals surface area (Å²) in [7, 11) is 0. The molecule has 2 nitrogen and oxygen atoms in total. The van der Waals surface area contributed by atoms with Crippen LogP contribution in [0.3, 0.4) is 0 Å². The van der Waals surface area contributed by atoms with E-state index in [0.29, 0.717) is 11.3 Å². The molecule has 16 heavy (non-hydrogen) atoms. The zero-order chi connectivity index (χ0) is 12.1. The Kier molecular flexibility index (Phi) is 4.57. The van der Waals surface area contributed by atoms with Crippen molar-refractivity contribution in [3.63, 3.8) is 0 Å². The van der Waals surface area contributed by atoms with Gasteiger partial charge >= 0.3 is 0 Å². The molecule has 3 heteroatoms. The van der Waals surface area contributed by atoms with E-state index in [1.165, 1.54) is 0 Å². The molecule has 0 aliphatic heterocycles. The molecule has 0 bridgehead atoms.